The number of para-hydroxylation sites is 1. The number of aromatic nitrogens is 5. The molecule has 0 amide bonds. The SMILES string of the molecule is Cc1ccccc1-c1noc(CSc2nnc(C)n2-c2ccccc2C)n1. The number of hydrogen-bond acceptors (Lipinski definition) is 6. The average Bonchev–Trinajstić information content (AvgIpc) is 3.28. The molecule has 2 heterocycles. The first-order chi connectivity index (χ1) is 13.1. The van der Waals surface area contributed by atoms with Gasteiger partial charge >= 0.3 is 0 Å². The summed E-state index contributed by atoms with van der Waals surface area (Å²) in [7, 11) is 0. The molecule has 0 fully saturated rings. The maximum Gasteiger partial charge on any atom is 0.237 e. The highest BCUT2D eigenvalue weighted by Gasteiger charge is 2.16. The number of thioether (sulfide) groups is 1. The molecule has 0 aliphatic carbocycles. The molecule has 6 nitrogen and oxygen atoms in total. The van der Waals surface area contributed by atoms with Crippen molar-refractivity contribution in [1.82, 2.24) is 24.9 Å². The normalized spacial score (nSPS) is 11.1. The Morgan fingerprint density at radius 1 is 0.926 bits per heavy atom. The second kappa shape index (κ2) is 7.36. The predicted octanol–water partition coefficient (Wildman–Crippen LogP) is 4.53. The van der Waals surface area contributed by atoms with E-state index in [1.54, 1.807) is 0 Å². The van der Waals surface area contributed by atoms with Crippen LogP contribution in [0.2, 0.25) is 0 Å². The minimum Gasteiger partial charge on any atom is -0.338 e. The lowest BCUT2D eigenvalue weighted by molar-refractivity contribution is 0.391. The van der Waals surface area contributed by atoms with Crippen molar-refractivity contribution in [2.75, 3.05) is 0 Å². The second-order valence-electron chi connectivity index (χ2n) is 6.27. The lowest BCUT2D eigenvalue weighted by atomic mass is 10.1. The molecule has 0 saturated heterocycles. The van der Waals surface area contributed by atoms with Gasteiger partial charge in [0.1, 0.15) is 5.82 Å². The fraction of sp³-hybridized carbons (Fsp3) is 0.200. The minimum absolute atomic E-state index is 0.531. The number of nitrogens with zero attached hydrogens (tertiary/aromatic N) is 5. The summed E-state index contributed by atoms with van der Waals surface area (Å²) >= 11 is 1.53. The molecule has 2 aromatic carbocycles. The molecule has 7 heteroatoms. The van der Waals surface area contributed by atoms with E-state index in [1.165, 1.54) is 17.3 Å². The molecule has 0 spiro atoms. The maximum absolute atomic E-state index is 5.43. The van der Waals surface area contributed by atoms with Gasteiger partial charge in [0.05, 0.1) is 11.4 Å². The number of rotatable bonds is 5. The van der Waals surface area contributed by atoms with Crippen molar-refractivity contribution in [1.29, 1.82) is 0 Å². The molecule has 27 heavy (non-hydrogen) atoms. The van der Waals surface area contributed by atoms with Crippen LogP contribution in [0.15, 0.2) is 58.2 Å². The summed E-state index contributed by atoms with van der Waals surface area (Å²) in [5.41, 5.74) is 4.35. The number of aryl methyl sites for hydroxylation is 3. The van der Waals surface area contributed by atoms with Gasteiger partial charge in [-0.25, -0.2) is 0 Å². The van der Waals surface area contributed by atoms with Crippen LogP contribution in [-0.2, 0) is 5.75 Å². The maximum atomic E-state index is 5.43. The topological polar surface area (TPSA) is 69.6 Å². The van der Waals surface area contributed by atoms with E-state index in [2.05, 4.69) is 44.0 Å². The number of benzene rings is 2. The molecule has 0 N–H and O–H groups in total. The fourth-order valence-electron chi connectivity index (χ4n) is 2.90. The van der Waals surface area contributed by atoms with E-state index in [0.29, 0.717) is 17.5 Å². The van der Waals surface area contributed by atoms with Gasteiger partial charge in [0.2, 0.25) is 11.7 Å². The van der Waals surface area contributed by atoms with Crippen molar-refractivity contribution in [3.63, 3.8) is 0 Å². The van der Waals surface area contributed by atoms with Gasteiger partial charge in [-0.2, -0.15) is 4.98 Å². The molecule has 136 valence electrons. The van der Waals surface area contributed by atoms with Gasteiger partial charge in [-0.15, -0.1) is 10.2 Å². The van der Waals surface area contributed by atoms with Crippen LogP contribution in [0.1, 0.15) is 22.8 Å². The van der Waals surface area contributed by atoms with Gasteiger partial charge in [-0.1, -0.05) is 59.4 Å². The van der Waals surface area contributed by atoms with Crippen molar-refractivity contribution < 1.29 is 4.52 Å². The molecule has 0 unspecified atom stereocenters. The van der Waals surface area contributed by atoms with Gasteiger partial charge in [0, 0.05) is 5.56 Å². The first-order valence-electron chi connectivity index (χ1n) is 8.63. The fourth-order valence-corrected chi connectivity index (χ4v) is 3.73. The standard InChI is InChI=1S/C20H19N5OS/c1-13-8-4-6-10-16(13)19-21-18(26-24-19)12-27-20-23-22-15(3)25(20)17-11-7-5-9-14(17)2/h4-11H,12H2,1-3H3. The number of hydrogen-bond donors (Lipinski definition) is 0. The van der Waals surface area contributed by atoms with Crippen LogP contribution in [0.25, 0.3) is 17.1 Å². The molecule has 0 saturated carbocycles. The van der Waals surface area contributed by atoms with Crippen LogP contribution >= 0.6 is 11.8 Å². The monoisotopic (exact) mass is 377 g/mol. The molecule has 2 aromatic heterocycles. The third-order valence-corrected chi connectivity index (χ3v) is 5.24. The van der Waals surface area contributed by atoms with Crippen LogP contribution in [0.3, 0.4) is 0 Å². The van der Waals surface area contributed by atoms with Crippen LogP contribution in [0, 0.1) is 20.8 Å². The first kappa shape index (κ1) is 17.5. The van der Waals surface area contributed by atoms with Gasteiger partial charge in [-0.3, -0.25) is 4.57 Å². The zero-order valence-electron chi connectivity index (χ0n) is 15.4. The lowest BCUT2D eigenvalue weighted by Crippen LogP contribution is -2.01. The molecule has 0 bridgehead atoms. The highest BCUT2D eigenvalue weighted by molar-refractivity contribution is 7.98. The highest BCUT2D eigenvalue weighted by atomic mass is 32.2. The van der Waals surface area contributed by atoms with Gasteiger partial charge < -0.3 is 4.52 Å². The Labute approximate surface area is 161 Å². The summed E-state index contributed by atoms with van der Waals surface area (Å²) in [5, 5.41) is 13.5. The largest absolute Gasteiger partial charge is 0.338 e. The first-order valence-corrected chi connectivity index (χ1v) is 9.61. The molecule has 4 aromatic rings. The van der Waals surface area contributed by atoms with Crippen molar-refractivity contribution in [2.45, 2.75) is 31.7 Å². The van der Waals surface area contributed by atoms with E-state index >= 15 is 0 Å². The van der Waals surface area contributed by atoms with E-state index in [1.807, 2.05) is 50.2 Å². The van der Waals surface area contributed by atoms with Gasteiger partial charge in [0.25, 0.3) is 0 Å². The third-order valence-electron chi connectivity index (χ3n) is 4.33. The lowest BCUT2D eigenvalue weighted by Gasteiger charge is -2.10. The van der Waals surface area contributed by atoms with Crippen molar-refractivity contribution in [2.24, 2.45) is 0 Å². The van der Waals surface area contributed by atoms with Crippen molar-refractivity contribution in [3.8, 4) is 17.1 Å². The van der Waals surface area contributed by atoms with Crippen molar-refractivity contribution in [3.05, 3.63) is 71.4 Å². The summed E-state index contributed by atoms with van der Waals surface area (Å²) < 4.78 is 7.49. The van der Waals surface area contributed by atoms with Gasteiger partial charge in [-0.05, 0) is 38.0 Å². The Hall–Kier alpha value is -2.93. The summed E-state index contributed by atoms with van der Waals surface area (Å²) in [5.74, 6) is 2.55. The van der Waals surface area contributed by atoms with E-state index in [-0.39, 0.29) is 0 Å². The third kappa shape index (κ3) is 3.50. The Bertz CT molecular complexity index is 1090. The van der Waals surface area contributed by atoms with Crippen molar-refractivity contribution >= 4 is 11.8 Å². The quantitative estimate of drug-likeness (QED) is 0.476. The van der Waals surface area contributed by atoms with E-state index in [9.17, 15) is 0 Å². The smallest absolute Gasteiger partial charge is 0.237 e. The Morgan fingerprint density at radius 2 is 1.67 bits per heavy atom. The Morgan fingerprint density at radius 3 is 2.44 bits per heavy atom. The van der Waals surface area contributed by atoms with Gasteiger partial charge in [0.15, 0.2) is 5.16 Å². The Kier molecular flexibility index (Phi) is 4.77. The minimum atomic E-state index is 0.531. The van der Waals surface area contributed by atoms with Crippen LogP contribution in [0.5, 0.6) is 0 Å². The van der Waals surface area contributed by atoms with Crippen LogP contribution in [0.4, 0.5) is 0 Å². The molecule has 0 aliphatic rings. The summed E-state index contributed by atoms with van der Waals surface area (Å²) in [6.45, 7) is 6.07. The van der Waals surface area contributed by atoms with E-state index in [0.717, 1.165) is 27.8 Å². The highest BCUT2D eigenvalue weighted by Crippen LogP contribution is 2.27. The molecule has 4 rings (SSSR count). The average molecular weight is 377 g/mol. The summed E-state index contributed by atoms with van der Waals surface area (Å²) in [6.07, 6.45) is 0. The van der Waals surface area contributed by atoms with Crippen LogP contribution < -0.4 is 0 Å². The Balaban J connectivity index is 1.56. The molecule has 0 radical (unpaired) electrons. The molecule has 0 aliphatic heterocycles. The zero-order chi connectivity index (χ0) is 18.8. The summed E-state index contributed by atoms with van der Waals surface area (Å²) in [6, 6.07) is 16.2. The zero-order valence-corrected chi connectivity index (χ0v) is 16.2. The molecular formula is C20H19N5OS. The van der Waals surface area contributed by atoms with E-state index in [4.69, 9.17) is 4.52 Å². The van der Waals surface area contributed by atoms with Crippen LogP contribution in [-0.4, -0.2) is 24.9 Å². The molecule has 0 atom stereocenters. The molecular weight excluding hydrogens is 358 g/mol. The van der Waals surface area contributed by atoms with E-state index < -0.39 is 0 Å². The predicted molar refractivity (Wildman–Crippen MR) is 105 cm³/mol. The summed E-state index contributed by atoms with van der Waals surface area (Å²) in [4.78, 5) is 4.53. The second-order valence-corrected chi connectivity index (χ2v) is 7.21.